The third kappa shape index (κ3) is 3.91. The lowest BCUT2D eigenvalue weighted by Crippen LogP contribution is -2.54. The number of piperidine rings is 1. The Bertz CT molecular complexity index is 1300. The number of fused-ring (bicyclic) bond motifs is 2. The number of halogens is 1. The van der Waals surface area contributed by atoms with Gasteiger partial charge >= 0.3 is 0 Å². The molecule has 3 aromatic rings. The van der Waals surface area contributed by atoms with Gasteiger partial charge in [0, 0.05) is 24.5 Å². The Labute approximate surface area is 203 Å². The standard InChI is InChI=1S/C25H25ClN2O3S2/c1-17-8-9-19(21(26)15-17)24(29)27-22-16-18-5-2-3-6-20(18)25(22)10-12-28(13-11-25)33(30,31)23-7-4-14-32-23/h2-9,14-15,22H,10-13,16H2,1H3,(H,27,29). The molecule has 172 valence electrons. The van der Waals surface area contributed by atoms with Crippen LogP contribution in [0.4, 0.5) is 0 Å². The van der Waals surface area contributed by atoms with Crippen molar-refractivity contribution >= 4 is 38.9 Å². The molecule has 5 nitrogen and oxygen atoms in total. The number of nitrogens with zero attached hydrogens (tertiary/aromatic N) is 1. The normalized spacial score (nSPS) is 20.0. The van der Waals surface area contributed by atoms with Crippen LogP contribution in [-0.4, -0.2) is 37.8 Å². The highest BCUT2D eigenvalue weighted by Gasteiger charge is 2.50. The summed E-state index contributed by atoms with van der Waals surface area (Å²) in [5.41, 5.74) is 3.60. The first-order chi connectivity index (χ1) is 15.8. The van der Waals surface area contributed by atoms with E-state index in [1.807, 2.05) is 25.1 Å². The molecule has 0 radical (unpaired) electrons. The molecule has 1 aliphatic heterocycles. The number of rotatable bonds is 4. The van der Waals surface area contributed by atoms with Crippen molar-refractivity contribution in [2.75, 3.05) is 13.1 Å². The molecule has 2 aromatic carbocycles. The Morgan fingerprint density at radius 2 is 1.88 bits per heavy atom. The minimum Gasteiger partial charge on any atom is -0.348 e. The van der Waals surface area contributed by atoms with E-state index in [2.05, 4.69) is 17.4 Å². The van der Waals surface area contributed by atoms with Crippen molar-refractivity contribution < 1.29 is 13.2 Å². The molecule has 1 saturated heterocycles. The van der Waals surface area contributed by atoms with E-state index in [4.69, 9.17) is 11.6 Å². The molecular formula is C25H25ClN2O3S2. The molecule has 1 aromatic heterocycles. The Balaban J connectivity index is 1.42. The van der Waals surface area contributed by atoms with Gasteiger partial charge in [-0.2, -0.15) is 4.31 Å². The minimum atomic E-state index is -3.49. The Morgan fingerprint density at radius 1 is 1.12 bits per heavy atom. The second-order valence-electron chi connectivity index (χ2n) is 8.86. The SMILES string of the molecule is Cc1ccc(C(=O)NC2Cc3ccccc3C23CCN(S(=O)(=O)c2cccs2)CC3)c(Cl)c1. The third-order valence-electron chi connectivity index (χ3n) is 7.02. The lowest BCUT2D eigenvalue weighted by atomic mass is 9.71. The van der Waals surface area contributed by atoms with Gasteiger partial charge in [-0.3, -0.25) is 4.79 Å². The molecule has 5 rings (SSSR count). The fourth-order valence-electron chi connectivity index (χ4n) is 5.30. The van der Waals surface area contributed by atoms with Gasteiger partial charge in [0.2, 0.25) is 0 Å². The van der Waals surface area contributed by atoms with Crippen molar-refractivity contribution in [3.8, 4) is 0 Å². The highest BCUT2D eigenvalue weighted by atomic mass is 35.5. The molecule has 1 aliphatic carbocycles. The van der Waals surface area contributed by atoms with Crippen LogP contribution in [0.5, 0.6) is 0 Å². The quantitative estimate of drug-likeness (QED) is 0.560. The summed E-state index contributed by atoms with van der Waals surface area (Å²) in [7, 11) is -3.49. The lowest BCUT2D eigenvalue weighted by Gasteiger charge is -2.43. The fraction of sp³-hybridized carbons (Fsp3) is 0.320. The van der Waals surface area contributed by atoms with E-state index >= 15 is 0 Å². The number of carbonyl (C=O) groups excluding carboxylic acids is 1. The average Bonchev–Trinajstić information content (AvgIpc) is 3.43. The molecule has 1 unspecified atom stereocenters. The van der Waals surface area contributed by atoms with Gasteiger partial charge in [0.25, 0.3) is 15.9 Å². The number of hydrogen-bond acceptors (Lipinski definition) is 4. The van der Waals surface area contributed by atoms with Gasteiger partial charge < -0.3 is 5.32 Å². The second-order valence-corrected chi connectivity index (χ2v) is 12.4. The van der Waals surface area contributed by atoms with E-state index in [0.717, 1.165) is 12.0 Å². The van der Waals surface area contributed by atoms with Crippen molar-refractivity contribution in [3.05, 3.63) is 87.3 Å². The highest BCUT2D eigenvalue weighted by Crippen LogP contribution is 2.47. The van der Waals surface area contributed by atoms with Gasteiger partial charge in [0.15, 0.2) is 0 Å². The zero-order valence-electron chi connectivity index (χ0n) is 18.3. The maximum Gasteiger partial charge on any atom is 0.253 e. The third-order valence-corrected chi connectivity index (χ3v) is 10.6. The van der Waals surface area contributed by atoms with Crippen LogP contribution < -0.4 is 5.32 Å². The van der Waals surface area contributed by atoms with Gasteiger partial charge in [-0.1, -0.05) is 48.0 Å². The number of benzene rings is 2. The van der Waals surface area contributed by atoms with E-state index in [9.17, 15) is 13.2 Å². The van der Waals surface area contributed by atoms with Crippen molar-refractivity contribution in [1.29, 1.82) is 0 Å². The number of carbonyl (C=O) groups is 1. The summed E-state index contributed by atoms with van der Waals surface area (Å²) < 4.78 is 28.1. The molecule has 2 heterocycles. The molecule has 33 heavy (non-hydrogen) atoms. The summed E-state index contributed by atoms with van der Waals surface area (Å²) in [6.07, 6.45) is 2.03. The minimum absolute atomic E-state index is 0.119. The summed E-state index contributed by atoms with van der Waals surface area (Å²) >= 11 is 7.61. The van der Waals surface area contributed by atoms with Crippen LogP contribution in [0.25, 0.3) is 0 Å². The lowest BCUT2D eigenvalue weighted by molar-refractivity contribution is 0.0897. The van der Waals surface area contributed by atoms with Crippen molar-refractivity contribution in [2.45, 2.75) is 41.9 Å². The average molecular weight is 501 g/mol. The summed E-state index contributed by atoms with van der Waals surface area (Å²) in [6, 6.07) is 17.0. The highest BCUT2D eigenvalue weighted by molar-refractivity contribution is 7.91. The maximum absolute atomic E-state index is 13.2. The topological polar surface area (TPSA) is 66.5 Å². The summed E-state index contributed by atoms with van der Waals surface area (Å²) in [5, 5.41) is 5.48. The fourth-order valence-corrected chi connectivity index (χ4v) is 8.20. The Hall–Kier alpha value is -2.19. The second kappa shape index (κ2) is 8.55. The van der Waals surface area contributed by atoms with Crippen LogP contribution in [0, 0.1) is 6.92 Å². The van der Waals surface area contributed by atoms with E-state index in [-0.39, 0.29) is 17.4 Å². The number of thiophene rings is 1. The van der Waals surface area contributed by atoms with Gasteiger partial charge in [-0.25, -0.2) is 8.42 Å². The summed E-state index contributed by atoms with van der Waals surface area (Å²) in [6.45, 7) is 2.78. The maximum atomic E-state index is 13.2. The van der Waals surface area contributed by atoms with Crippen molar-refractivity contribution in [1.82, 2.24) is 9.62 Å². The van der Waals surface area contributed by atoms with E-state index in [1.54, 1.807) is 34.0 Å². The van der Waals surface area contributed by atoms with Gasteiger partial charge in [-0.05, 0) is 66.5 Å². The van der Waals surface area contributed by atoms with Crippen LogP contribution in [0.3, 0.4) is 0 Å². The predicted octanol–water partition coefficient (Wildman–Crippen LogP) is 4.79. The molecule has 1 spiro atoms. The van der Waals surface area contributed by atoms with E-state index < -0.39 is 10.0 Å². The smallest absolute Gasteiger partial charge is 0.253 e. The predicted molar refractivity (Wildman–Crippen MR) is 132 cm³/mol. The monoisotopic (exact) mass is 500 g/mol. The van der Waals surface area contributed by atoms with Crippen molar-refractivity contribution in [2.24, 2.45) is 0 Å². The number of nitrogens with one attached hydrogen (secondary N) is 1. The molecule has 1 fully saturated rings. The molecular weight excluding hydrogens is 476 g/mol. The molecule has 1 N–H and O–H groups in total. The number of aryl methyl sites for hydroxylation is 1. The van der Waals surface area contributed by atoms with E-state index in [0.29, 0.717) is 40.7 Å². The van der Waals surface area contributed by atoms with Crippen LogP contribution in [-0.2, 0) is 21.9 Å². The summed E-state index contributed by atoms with van der Waals surface area (Å²) in [4.78, 5) is 13.2. The number of amides is 1. The van der Waals surface area contributed by atoms with E-state index in [1.165, 1.54) is 22.5 Å². The zero-order valence-corrected chi connectivity index (χ0v) is 20.6. The van der Waals surface area contributed by atoms with Gasteiger partial charge in [0.05, 0.1) is 10.6 Å². The van der Waals surface area contributed by atoms with Crippen LogP contribution in [0.1, 0.15) is 39.9 Å². The van der Waals surface area contributed by atoms with Crippen molar-refractivity contribution in [3.63, 3.8) is 0 Å². The molecule has 0 bridgehead atoms. The first-order valence-electron chi connectivity index (χ1n) is 11.0. The Morgan fingerprint density at radius 3 is 2.58 bits per heavy atom. The van der Waals surface area contributed by atoms with Gasteiger partial charge in [0.1, 0.15) is 4.21 Å². The van der Waals surface area contributed by atoms with Crippen LogP contribution in [0.15, 0.2) is 64.2 Å². The molecule has 1 atom stereocenters. The molecule has 8 heteroatoms. The van der Waals surface area contributed by atoms with Gasteiger partial charge in [-0.15, -0.1) is 11.3 Å². The molecule has 0 saturated carbocycles. The number of sulfonamides is 1. The first kappa shape index (κ1) is 22.6. The number of hydrogen-bond donors (Lipinski definition) is 1. The molecule has 2 aliphatic rings. The first-order valence-corrected chi connectivity index (χ1v) is 13.7. The van der Waals surface area contributed by atoms with Crippen LogP contribution >= 0.6 is 22.9 Å². The largest absolute Gasteiger partial charge is 0.348 e. The zero-order chi connectivity index (χ0) is 23.2. The summed E-state index contributed by atoms with van der Waals surface area (Å²) in [5.74, 6) is -0.189. The molecule has 1 amide bonds. The van der Waals surface area contributed by atoms with Crippen LogP contribution in [0.2, 0.25) is 5.02 Å². The Kier molecular flexibility index (Phi) is 5.85.